The number of hydrogen-bond acceptors (Lipinski definition) is 1. The second-order valence-electron chi connectivity index (χ2n) is 4.17. The van der Waals surface area contributed by atoms with Crippen LogP contribution in [0.25, 0.3) is 11.1 Å². The molecule has 2 aromatic carbocycles. The number of benzene rings is 2. The molecule has 0 saturated heterocycles. The maximum atomic E-state index is 14.0. The first-order chi connectivity index (χ1) is 8.59. The molecule has 0 bridgehead atoms. The second-order valence-corrected chi connectivity index (χ2v) is 4.17. The Hall–Kier alpha value is -1.16. The molecular weight excluding hydrogens is 254 g/mol. The molecule has 0 saturated carbocycles. The van der Waals surface area contributed by atoms with Crippen molar-refractivity contribution < 1.29 is 14.3 Å². The van der Waals surface area contributed by atoms with Crippen LogP contribution in [0.1, 0.15) is 18.4 Å². The Bertz CT molecular complexity index is 570. The number of halogens is 1. The molecule has 1 unspecified atom stereocenters. The quantitative estimate of drug-likeness (QED) is 0.869. The average molecular weight is 268 g/mol. The van der Waals surface area contributed by atoms with Gasteiger partial charge in [-0.25, -0.2) is 4.39 Å². The molecule has 2 rings (SSSR count). The van der Waals surface area contributed by atoms with Gasteiger partial charge in [0, 0.05) is 5.56 Å². The summed E-state index contributed by atoms with van der Waals surface area (Å²) >= 11 is 0. The predicted molar refractivity (Wildman–Crippen MR) is 75.0 cm³/mol. The first-order valence-corrected chi connectivity index (χ1v) is 5.67. The molecule has 0 heterocycles. The van der Waals surface area contributed by atoms with Crippen molar-refractivity contribution in [3.05, 3.63) is 59.9 Å². The molecule has 4 heteroatoms. The van der Waals surface area contributed by atoms with E-state index in [1.54, 1.807) is 19.1 Å². The first kappa shape index (κ1) is 15.9. The van der Waals surface area contributed by atoms with E-state index >= 15 is 0 Å². The van der Waals surface area contributed by atoms with Crippen LogP contribution >= 0.6 is 0 Å². The van der Waals surface area contributed by atoms with E-state index in [4.69, 9.17) is 5.11 Å². The van der Waals surface area contributed by atoms with Crippen molar-refractivity contribution in [1.29, 1.82) is 0 Å². The van der Waals surface area contributed by atoms with E-state index in [0.717, 1.165) is 5.56 Å². The fourth-order valence-corrected chi connectivity index (χ4v) is 1.80. The van der Waals surface area contributed by atoms with Gasteiger partial charge in [0.2, 0.25) is 0 Å². The molecule has 2 aromatic rings. The first-order valence-electron chi connectivity index (χ1n) is 5.67. The summed E-state index contributed by atoms with van der Waals surface area (Å²) in [6.45, 7) is 1.54. The van der Waals surface area contributed by atoms with E-state index in [1.807, 2.05) is 30.3 Å². The Balaban J connectivity index is 0.00000180. The number of carboxylic acids is 1. The van der Waals surface area contributed by atoms with Crippen LogP contribution < -0.4 is 0 Å². The molecule has 94 valence electrons. The summed E-state index contributed by atoms with van der Waals surface area (Å²) in [6, 6.07) is 13.7. The van der Waals surface area contributed by atoms with E-state index in [0.29, 0.717) is 11.1 Å². The molecule has 0 aromatic heterocycles. The predicted octanol–water partition coefficient (Wildman–Crippen LogP) is 3.03. The van der Waals surface area contributed by atoms with Gasteiger partial charge in [0.25, 0.3) is 0 Å². The monoisotopic (exact) mass is 268 g/mol. The normalized spacial score (nSPS) is 11.5. The van der Waals surface area contributed by atoms with Crippen molar-refractivity contribution in [3.8, 4) is 11.1 Å². The molecule has 0 spiro atoms. The van der Waals surface area contributed by atoms with Crippen LogP contribution in [-0.4, -0.2) is 40.6 Å². The zero-order valence-corrected chi connectivity index (χ0v) is 9.93. The van der Waals surface area contributed by atoms with Crippen LogP contribution in [0, 0.1) is 5.82 Å². The van der Waals surface area contributed by atoms with Crippen LogP contribution in [0.5, 0.6) is 0 Å². The second kappa shape index (κ2) is 6.85. The molecule has 1 N–H and O–H groups in total. The van der Waals surface area contributed by atoms with Gasteiger partial charge in [-0.3, -0.25) is 4.79 Å². The van der Waals surface area contributed by atoms with Crippen LogP contribution in [0.3, 0.4) is 0 Å². The molecule has 19 heavy (non-hydrogen) atoms. The third-order valence-electron chi connectivity index (χ3n) is 2.95. The summed E-state index contributed by atoms with van der Waals surface area (Å²) in [5.41, 5.74) is 1.74. The summed E-state index contributed by atoms with van der Waals surface area (Å²) in [6.07, 6.45) is 0. The van der Waals surface area contributed by atoms with E-state index in [-0.39, 0.29) is 29.6 Å². The van der Waals surface area contributed by atoms with Gasteiger partial charge in [0.1, 0.15) is 5.82 Å². The Kier molecular flexibility index (Phi) is 5.73. The molecular formula is C15H14FNaO2. The van der Waals surface area contributed by atoms with E-state index < -0.39 is 17.7 Å². The molecule has 0 amide bonds. The number of hydrogen-bond donors (Lipinski definition) is 1. The standard InChI is InChI=1S/C15H13FO2.Na.H/c1-10(15(17)18)12-7-8-13(14(16)9-12)11-5-3-2-4-6-11;;/h2-10H,1H3,(H,17,18);;. The summed E-state index contributed by atoms with van der Waals surface area (Å²) < 4.78 is 14.0. The molecule has 0 fully saturated rings. The maximum absolute atomic E-state index is 14.0. The third-order valence-corrected chi connectivity index (χ3v) is 2.95. The van der Waals surface area contributed by atoms with Gasteiger partial charge in [-0.1, -0.05) is 42.5 Å². The zero-order valence-electron chi connectivity index (χ0n) is 9.93. The van der Waals surface area contributed by atoms with Gasteiger partial charge in [0.05, 0.1) is 5.92 Å². The third kappa shape index (κ3) is 3.66. The topological polar surface area (TPSA) is 37.3 Å². The number of carboxylic acid groups (broad SMARTS) is 1. The summed E-state index contributed by atoms with van der Waals surface area (Å²) in [5, 5.41) is 8.89. The van der Waals surface area contributed by atoms with Crippen molar-refractivity contribution in [2.24, 2.45) is 0 Å². The number of aliphatic carboxylic acids is 1. The molecule has 1 atom stereocenters. The van der Waals surface area contributed by atoms with E-state index in [9.17, 15) is 9.18 Å². The van der Waals surface area contributed by atoms with E-state index in [1.165, 1.54) is 6.07 Å². The number of rotatable bonds is 3. The Labute approximate surface area is 133 Å². The van der Waals surface area contributed by atoms with Crippen molar-refractivity contribution in [2.75, 3.05) is 0 Å². The molecule has 0 aliphatic heterocycles. The summed E-state index contributed by atoms with van der Waals surface area (Å²) in [4.78, 5) is 10.8. The molecule has 0 radical (unpaired) electrons. The van der Waals surface area contributed by atoms with Crippen molar-refractivity contribution in [2.45, 2.75) is 12.8 Å². The Morgan fingerprint density at radius 3 is 2.32 bits per heavy atom. The minimum atomic E-state index is -0.957. The average Bonchev–Trinajstić information content (AvgIpc) is 2.38. The SMILES string of the molecule is CC(C(=O)O)c1ccc(-c2ccccc2)c(F)c1.[NaH]. The van der Waals surface area contributed by atoms with Crippen molar-refractivity contribution >= 4 is 35.5 Å². The minimum absolute atomic E-state index is 0. The van der Waals surface area contributed by atoms with E-state index in [2.05, 4.69) is 0 Å². The van der Waals surface area contributed by atoms with Gasteiger partial charge in [-0.15, -0.1) is 0 Å². The van der Waals surface area contributed by atoms with Gasteiger partial charge < -0.3 is 5.11 Å². The van der Waals surface area contributed by atoms with Gasteiger partial charge >= 0.3 is 35.5 Å². The Morgan fingerprint density at radius 2 is 1.79 bits per heavy atom. The van der Waals surface area contributed by atoms with Crippen LogP contribution in [-0.2, 0) is 4.79 Å². The summed E-state index contributed by atoms with van der Waals surface area (Å²) in [7, 11) is 0. The fourth-order valence-electron chi connectivity index (χ4n) is 1.80. The Morgan fingerprint density at radius 1 is 1.16 bits per heavy atom. The molecule has 0 aliphatic rings. The summed E-state index contributed by atoms with van der Waals surface area (Å²) in [5.74, 6) is -2.06. The van der Waals surface area contributed by atoms with Crippen molar-refractivity contribution in [3.63, 3.8) is 0 Å². The number of carbonyl (C=O) groups is 1. The van der Waals surface area contributed by atoms with Crippen LogP contribution in [0.2, 0.25) is 0 Å². The zero-order chi connectivity index (χ0) is 13.1. The van der Waals surface area contributed by atoms with Crippen molar-refractivity contribution in [1.82, 2.24) is 0 Å². The fraction of sp³-hybridized carbons (Fsp3) is 0.133. The van der Waals surface area contributed by atoms with Crippen LogP contribution in [0.4, 0.5) is 4.39 Å². The van der Waals surface area contributed by atoms with Gasteiger partial charge in [0.15, 0.2) is 0 Å². The van der Waals surface area contributed by atoms with Crippen LogP contribution in [0.15, 0.2) is 48.5 Å². The van der Waals surface area contributed by atoms with Gasteiger partial charge in [-0.2, -0.15) is 0 Å². The molecule has 2 nitrogen and oxygen atoms in total. The molecule has 0 aliphatic carbocycles. The van der Waals surface area contributed by atoms with Gasteiger partial charge in [-0.05, 0) is 24.1 Å².